The van der Waals surface area contributed by atoms with E-state index >= 15 is 0 Å². The number of halogens is 2. The Hall–Kier alpha value is -2.44. The Morgan fingerprint density at radius 3 is 2.79 bits per heavy atom. The van der Waals surface area contributed by atoms with Crippen molar-refractivity contribution in [3.05, 3.63) is 47.5 Å². The zero-order chi connectivity index (χ0) is 14.0. The predicted molar refractivity (Wildman–Crippen MR) is 65.2 cm³/mol. The third-order valence-corrected chi connectivity index (χ3v) is 2.61. The summed E-state index contributed by atoms with van der Waals surface area (Å²) in [5, 5.41) is 0. The van der Waals surface area contributed by atoms with Crippen molar-refractivity contribution in [2.45, 2.75) is 6.54 Å². The number of nitrogens with zero attached hydrogens (tertiary/aromatic N) is 2. The fraction of sp³-hybridized carbons (Fsp3) is 0.167. The number of aromatic nitrogens is 2. The van der Waals surface area contributed by atoms with Crippen LogP contribution in [0.1, 0.15) is 16.2 Å². The minimum Gasteiger partial charge on any atom is -0.396 e. The second-order valence-corrected chi connectivity index (χ2v) is 4.05. The molecule has 1 aromatic carbocycles. The van der Waals surface area contributed by atoms with Gasteiger partial charge in [-0.15, -0.1) is 0 Å². The van der Waals surface area contributed by atoms with E-state index in [0.717, 1.165) is 6.07 Å². The molecule has 5 nitrogen and oxygen atoms in total. The van der Waals surface area contributed by atoms with Crippen LogP contribution in [0.4, 0.5) is 14.5 Å². The van der Waals surface area contributed by atoms with Crippen molar-refractivity contribution in [1.82, 2.24) is 14.9 Å². The first-order chi connectivity index (χ1) is 8.99. The second kappa shape index (κ2) is 5.05. The zero-order valence-electron chi connectivity index (χ0n) is 10.2. The number of benzene rings is 1. The van der Waals surface area contributed by atoms with Gasteiger partial charge < -0.3 is 15.6 Å². The molecule has 1 amide bonds. The first-order valence-electron chi connectivity index (χ1n) is 5.47. The lowest BCUT2D eigenvalue weighted by Gasteiger charge is -2.16. The topological polar surface area (TPSA) is 75.0 Å². The number of imidazole rings is 1. The molecule has 0 aliphatic rings. The lowest BCUT2D eigenvalue weighted by Crippen LogP contribution is -2.27. The molecule has 0 bridgehead atoms. The van der Waals surface area contributed by atoms with Crippen LogP contribution in [-0.2, 0) is 6.54 Å². The van der Waals surface area contributed by atoms with Gasteiger partial charge in [-0.3, -0.25) is 4.79 Å². The lowest BCUT2D eigenvalue weighted by molar-refractivity contribution is 0.0777. The van der Waals surface area contributed by atoms with Crippen LogP contribution in [0.2, 0.25) is 0 Å². The first-order valence-corrected chi connectivity index (χ1v) is 5.47. The Balaban J connectivity index is 2.21. The Morgan fingerprint density at radius 2 is 2.16 bits per heavy atom. The van der Waals surface area contributed by atoms with Gasteiger partial charge in [-0.05, 0) is 6.07 Å². The van der Waals surface area contributed by atoms with E-state index in [-0.39, 0.29) is 17.8 Å². The van der Waals surface area contributed by atoms with E-state index in [0.29, 0.717) is 11.9 Å². The molecule has 1 aromatic heterocycles. The highest BCUT2D eigenvalue weighted by Crippen LogP contribution is 2.18. The van der Waals surface area contributed by atoms with E-state index in [1.807, 2.05) is 0 Å². The van der Waals surface area contributed by atoms with Crippen molar-refractivity contribution >= 4 is 11.6 Å². The highest BCUT2D eigenvalue weighted by Gasteiger charge is 2.19. The van der Waals surface area contributed by atoms with Crippen LogP contribution in [0.3, 0.4) is 0 Å². The van der Waals surface area contributed by atoms with Gasteiger partial charge in [-0.25, -0.2) is 13.8 Å². The number of hydrogen-bond acceptors (Lipinski definition) is 3. The molecule has 0 unspecified atom stereocenters. The highest BCUT2D eigenvalue weighted by molar-refractivity contribution is 5.95. The molecule has 0 spiro atoms. The van der Waals surface area contributed by atoms with E-state index in [2.05, 4.69) is 9.97 Å². The number of nitrogens with two attached hydrogens (primary N) is 1. The van der Waals surface area contributed by atoms with E-state index in [1.54, 1.807) is 12.4 Å². The Morgan fingerprint density at radius 1 is 1.42 bits per heavy atom. The smallest absolute Gasteiger partial charge is 0.257 e. The first kappa shape index (κ1) is 13.0. The van der Waals surface area contributed by atoms with Crippen LogP contribution >= 0.6 is 0 Å². The van der Waals surface area contributed by atoms with Gasteiger partial charge in [0.25, 0.3) is 5.91 Å². The molecule has 0 atom stereocenters. The maximum atomic E-state index is 13.6. The van der Waals surface area contributed by atoms with Crippen molar-refractivity contribution in [2.75, 3.05) is 12.8 Å². The molecule has 7 heteroatoms. The summed E-state index contributed by atoms with van der Waals surface area (Å²) >= 11 is 0. The fourth-order valence-corrected chi connectivity index (χ4v) is 1.62. The maximum absolute atomic E-state index is 13.6. The van der Waals surface area contributed by atoms with Crippen LogP contribution in [-0.4, -0.2) is 27.8 Å². The van der Waals surface area contributed by atoms with Gasteiger partial charge in [0.2, 0.25) is 0 Å². The van der Waals surface area contributed by atoms with E-state index in [9.17, 15) is 13.6 Å². The molecular weight excluding hydrogens is 254 g/mol. The number of anilines is 1. The second-order valence-electron chi connectivity index (χ2n) is 4.05. The Labute approximate surface area is 108 Å². The minimum absolute atomic E-state index is 0.183. The maximum Gasteiger partial charge on any atom is 0.257 e. The third kappa shape index (κ3) is 2.70. The summed E-state index contributed by atoms with van der Waals surface area (Å²) < 4.78 is 26.6. The molecule has 0 saturated heterocycles. The average molecular weight is 266 g/mol. The molecule has 0 saturated carbocycles. The summed E-state index contributed by atoms with van der Waals surface area (Å²) in [6.45, 7) is 0.183. The van der Waals surface area contributed by atoms with E-state index in [1.165, 1.54) is 11.9 Å². The molecule has 3 N–H and O–H groups in total. The SMILES string of the molecule is CN(Cc1ncc[nH]1)C(=O)c1cc(N)c(F)cc1F. The molecule has 0 radical (unpaired) electrons. The number of aromatic amines is 1. The number of rotatable bonds is 3. The number of hydrogen-bond donors (Lipinski definition) is 2. The largest absolute Gasteiger partial charge is 0.396 e. The third-order valence-electron chi connectivity index (χ3n) is 2.61. The van der Waals surface area contributed by atoms with Gasteiger partial charge >= 0.3 is 0 Å². The normalized spacial score (nSPS) is 10.5. The van der Waals surface area contributed by atoms with Gasteiger partial charge in [-0.1, -0.05) is 0 Å². The summed E-state index contributed by atoms with van der Waals surface area (Å²) in [6.07, 6.45) is 3.16. The van der Waals surface area contributed by atoms with Crippen LogP contribution in [0.25, 0.3) is 0 Å². The highest BCUT2D eigenvalue weighted by atomic mass is 19.1. The average Bonchev–Trinajstić information content (AvgIpc) is 2.85. The zero-order valence-corrected chi connectivity index (χ0v) is 10.2. The molecular formula is C12H12F2N4O. The fourth-order valence-electron chi connectivity index (χ4n) is 1.62. The van der Waals surface area contributed by atoms with Gasteiger partial charge in [0.1, 0.15) is 17.5 Å². The molecule has 0 fully saturated rings. The number of nitrogen functional groups attached to an aromatic ring is 1. The van der Waals surface area contributed by atoms with Crippen molar-refractivity contribution in [3.63, 3.8) is 0 Å². The number of carbonyl (C=O) groups excluding carboxylic acids is 1. The van der Waals surface area contributed by atoms with E-state index < -0.39 is 17.5 Å². The molecule has 0 aliphatic heterocycles. The molecule has 2 aromatic rings. The number of H-pyrrole nitrogens is 1. The van der Waals surface area contributed by atoms with Crippen molar-refractivity contribution in [1.29, 1.82) is 0 Å². The van der Waals surface area contributed by atoms with Crippen LogP contribution in [0.5, 0.6) is 0 Å². The number of nitrogens with one attached hydrogen (secondary N) is 1. The molecule has 2 rings (SSSR count). The quantitative estimate of drug-likeness (QED) is 0.827. The van der Waals surface area contributed by atoms with Gasteiger partial charge in [0.05, 0.1) is 17.8 Å². The lowest BCUT2D eigenvalue weighted by atomic mass is 10.1. The number of carbonyl (C=O) groups is 1. The summed E-state index contributed by atoms with van der Waals surface area (Å²) in [6, 6.07) is 1.59. The molecule has 100 valence electrons. The van der Waals surface area contributed by atoms with Crippen LogP contribution in [0.15, 0.2) is 24.5 Å². The summed E-state index contributed by atoms with van der Waals surface area (Å²) in [5.41, 5.74) is 4.79. The monoisotopic (exact) mass is 266 g/mol. The number of amides is 1. The summed E-state index contributed by atoms with van der Waals surface area (Å²) in [4.78, 5) is 20.1. The van der Waals surface area contributed by atoms with Crippen LogP contribution in [0, 0.1) is 11.6 Å². The Kier molecular flexibility index (Phi) is 3.46. The standard InChI is InChI=1S/C12H12F2N4O/c1-18(6-11-16-2-3-17-11)12(19)7-4-10(15)9(14)5-8(7)13/h2-5H,6,15H2,1H3,(H,16,17). The molecule has 1 heterocycles. The van der Waals surface area contributed by atoms with E-state index in [4.69, 9.17) is 5.73 Å². The van der Waals surface area contributed by atoms with Crippen molar-refractivity contribution < 1.29 is 13.6 Å². The van der Waals surface area contributed by atoms with Gasteiger partial charge in [-0.2, -0.15) is 0 Å². The summed E-state index contributed by atoms with van der Waals surface area (Å²) in [5.74, 6) is -1.86. The van der Waals surface area contributed by atoms with Crippen molar-refractivity contribution in [3.8, 4) is 0 Å². The minimum atomic E-state index is -0.942. The predicted octanol–water partition coefficient (Wildman–Crippen LogP) is 1.54. The summed E-state index contributed by atoms with van der Waals surface area (Å²) in [7, 11) is 1.49. The van der Waals surface area contributed by atoms with Gasteiger partial charge in [0, 0.05) is 25.5 Å². The molecule has 19 heavy (non-hydrogen) atoms. The van der Waals surface area contributed by atoms with Crippen LogP contribution < -0.4 is 5.73 Å². The van der Waals surface area contributed by atoms with Crippen molar-refractivity contribution in [2.24, 2.45) is 0 Å². The molecule has 0 aliphatic carbocycles. The Bertz CT molecular complexity index is 598. The van der Waals surface area contributed by atoms with Gasteiger partial charge in [0.15, 0.2) is 0 Å².